The summed E-state index contributed by atoms with van der Waals surface area (Å²) >= 11 is 0. The van der Waals surface area contributed by atoms with Gasteiger partial charge in [-0.1, -0.05) is 18.2 Å². The standard InChI is InChI=1S/C22H33N3O2/c26-13-3-4-19-17-24(10-8-22(19)25-11-14-27-15-12-25)9-7-18-16-23-21-6-2-1-5-20(18)21/h1-2,5-6,16,19,22-23,26H,3-4,7-15,17H2/t19-,22+/m1/s1. The highest BCUT2D eigenvalue weighted by atomic mass is 16.5. The van der Waals surface area contributed by atoms with Crippen LogP contribution >= 0.6 is 0 Å². The maximum Gasteiger partial charge on any atom is 0.0594 e. The van der Waals surface area contributed by atoms with Crippen molar-refractivity contribution < 1.29 is 9.84 Å². The van der Waals surface area contributed by atoms with Crippen LogP contribution in [0.4, 0.5) is 0 Å². The summed E-state index contributed by atoms with van der Waals surface area (Å²) in [5.74, 6) is 0.659. The van der Waals surface area contributed by atoms with E-state index in [1.54, 1.807) is 0 Å². The molecule has 0 radical (unpaired) electrons. The largest absolute Gasteiger partial charge is 0.396 e. The first-order valence-electron chi connectivity index (χ1n) is 10.5. The minimum atomic E-state index is 0.307. The molecule has 0 unspecified atom stereocenters. The van der Waals surface area contributed by atoms with Gasteiger partial charge in [-0.3, -0.25) is 4.90 Å². The van der Waals surface area contributed by atoms with Crippen LogP contribution in [0.3, 0.4) is 0 Å². The van der Waals surface area contributed by atoms with E-state index < -0.39 is 0 Å². The molecular weight excluding hydrogens is 338 g/mol. The summed E-state index contributed by atoms with van der Waals surface area (Å²) in [7, 11) is 0. The van der Waals surface area contributed by atoms with Gasteiger partial charge in [-0.15, -0.1) is 0 Å². The fourth-order valence-corrected chi connectivity index (χ4v) is 4.94. The van der Waals surface area contributed by atoms with E-state index in [0.29, 0.717) is 18.6 Å². The Balaban J connectivity index is 1.36. The van der Waals surface area contributed by atoms with Crippen molar-refractivity contribution >= 4 is 10.9 Å². The van der Waals surface area contributed by atoms with Gasteiger partial charge in [0.2, 0.25) is 0 Å². The zero-order chi connectivity index (χ0) is 18.5. The Morgan fingerprint density at radius 3 is 2.85 bits per heavy atom. The molecule has 2 aliphatic rings. The lowest BCUT2D eigenvalue weighted by Crippen LogP contribution is -2.54. The average Bonchev–Trinajstić information content (AvgIpc) is 3.14. The van der Waals surface area contributed by atoms with Crippen LogP contribution in [0.1, 0.15) is 24.8 Å². The van der Waals surface area contributed by atoms with E-state index in [0.717, 1.165) is 58.7 Å². The van der Waals surface area contributed by atoms with Crippen molar-refractivity contribution in [3.8, 4) is 0 Å². The van der Waals surface area contributed by atoms with Gasteiger partial charge in [0.05, 0.1) is 13.2 Å². The Bertz CT molecular complexity index is 710. The van der Waals surface area contributed by atoms with E-state index in [1.807, 2.05) is 0 Å². The molecule has 3 heterocycles. The van der Waals surface area contributed by atoms with Crippen LogP contribution in [-0.2, 0) is 11.2 Å². The van der Waals surface area contributed by atoms with Gasteiger partial charge >= 0.3 is 0 Å². The number of piperidine rings is 1. The van der Waals surface area contributed by atoms with E-state index in [-0.39, 0.29) is 0 Å². The summed E-state index contributed by atoms with van der Waals surface area (Å²) in [4.78, 5) is 8.68. The summed E-state index contributed by atoms with van der Waals surface area (Å²) < 4.78 is 5.55. The first kappa shape index (κ1) is 18.9. The second-order valence-electron chi connectivity index (χ2n) is 8.04. The molecule has 2 fully saturated rings. The van der Waals surface area contributed by atoms with Crippen LogP contribution in [0.2, 0.25) is 0 Å². The molecule has 2 aliphatic heterocycles. The lowest BCUT2D eigenvalue weighted by molar-refractivity contribution is -0.0218. The van der Waals surface area contributed by atoms with Crippen LogP contribution in [-0.4, -0.2) is 78.5 Å². The van der Waals surface area contributed by atoms with Gasteiger partial charge in [-0.25, -0.2) is 0 Å². The van der Waals surface area contributed by atoms with Crippen molar-refractivity contribution in [2.45, 2.75) is 31.7 Å². The number of hydrogen-bond donors (Lipinski definition) is 2. The molecule has 2 N–H and O–H groups in total. The lowest BCUT2D eigenvalue weighted by atomic mass is 9.86. The molecule has 27 heavy (non-hydrogen) atoms. The second kappa shape index (κ2) is 9.20. The third-order valence-corrected chi connectivity index (χ3v) is 6.40. The summed E-state index contributed by atoms with van der Waals surface area (Å²) in [5, 5.41) is 10.7. The van der Waals surface area contributed by atoms with E-state index in [2.05, 4.69) is 45.2 Å². The Kier molecular flexibility index (Phi) is 6.45. The molecule has 0 aliphatic carbocycles. The predicted molar refractivity (Wildman–Crippen MR) is 109 cm³/mol. The smallest absolute Gasteiger partial charge is 0.0594 e. The summed E-state index contributed by atoms with van der Waals surface area (Å²) in [6, 6.07) is 9.24. The average molecular weight is 372 g/mol. The summed E-state index contributed by atoms with van der Waals surface area (Å²) in [6.45, 7) is 7.63. The molecule has 0 amide bonds. The molecular formula is C22H33N3O2. The molecule has 1 aromatic heterocycles. The molecule has 1 aromatic carbocycles. The molecule has 4 rings (SSSR count). The number of morpholine rings is 1. The van der Waals surface area contributed by atoms with Crippen molar-refractivity contribution in [3.63, 3.8) is 0 Å². The van der Waals surface area contributed by atoms with Crippen molar-refractivity contribution in [2.75, 3.05) is 52.5 Å². The Labute approximate surface area is 162 Å². The monoisotopic (exact) mass is 371 g/mol. The number of H-pyrrole nitrogens is 1. The number of rotatable bonds is 7. The first-order chi connectivity index (χ1) is 13.3. The third-order valence-electron chi connectivity index (χ3n) is 6.40. The molecule has 2 aromatic rings. The van der Waals surface area contributed by atoms with Crippen molar-refractivity contribution in [1.82, 2.24) is 14.8 Å². The van der Waals surface area contributed by atoms with Gasteiger partial charge < -0.3 is 19.7 Å². The molecule has 5 heteroatoms. The number of aliphatic hydroxyl groups is 1. The van der Waals surface area contributed by atoms with Crippen LogP contribution in [0.5, 0.6) is 0 Å². The van der Waals surface area contributed by atoms with Crippen LogP contribution in [0.15, 0.2) is 30.5 Å². The highest BCUT2D eigenvalue weighted by Crippen LogP contribution is 2.27. The Morgan fingerprint density at radius 2 is 2.00 bits per heavy atom. The Hall–Kier alpha value is -1.40. The summed E-state index contributed by atoms with van der Waals surface area (Å²) in [6.07, 6.45) is 6.56. The lowest BCUT2D eigenvalue weighted by Gasteiger charge is -2.45. The van der Waals surface area contributed by atoms with Crippen LogP contribution in [0.25, 0.3) is 10.9 Å². The molecule has 2 saturated heterocycles. The zero-order valence-electron chi connectivity index (χ0n) is 16.3. The number of fused-ring (bicyclic) bond motifs is 1. The highest BCUT2D eigenvalue weighted by molar-refractivity contribution is 5.83. The van der Waals surface area contributed by atoms with Gasteiger partial charge in [-0.05, 0) is 49.8 Å². The number of benzene rings is 1. The normalized spacial score (nSPS) is 25.2. The summed E-state index contributed by atoms with van der Waals surface area (Å²) in [5.41, 5.74) is 2.66. The van der Waals surface area contributed by atoms with Crippen molar-refractivity contribution in [2.24, 2.45) is 5.92 Å². The molecule has 5 nitrogen and oxygen atoms in total. The first-order valence-corrected chi connectivity index (χ1v) is 10.5. The van der Waals surface area contributed by atoms with Crippen LogP contribution in [0, 0.1) is 5.92 Å². The number of likely N-dealkylation sites (tertiary alicyclic amines) is 1. The van der Waals surface area contributed by atoms with Gasteiger partial charge in [-0.2, -0.15) is 0 Å². The second-order valence-corrected chi connectivity index (χ2v) is 8.04. The fourth-order valence-electron chi connectivity index (χ4n) is 4.94. The third kappa shape index (κ3) is 4.54. The van der Waals surface area contributed by atoms with Crippen molar-refractivity contribution in [3.05, 3.63) is 36.0 Å². The number of aromatic nitrogens is 1. The highest BCUT2D eigenvalue weighted by Gasteiger charge is 2.33. The van der Waals surface area contributed by atoms with Gasteiger partial charge in [0, 0.05) is 55.9 Å². The van der Waals surface area contributed by atoms with Crippen LogP contribution < -0.4 is 0 Å². The number of para-hydroxylation sites is 1. The SMILES string of the molecule is OCCC[C@@H]1CN(CCc2c[nH]c3ccccc23)CC[C@@H]1N1CCOCC1. The number of nitrogens with one attached hydrogen (secondary N) is 1. The maximum atomic E-state index is 9.34. The quantitative estimate of drug-likeness (QED) is 0.785. The van der Waals surface area contributed by atoms with Crippen molar-refractivity contribution in [1.29, 1.82) is 0 Å². The Morgan fingerprint density at radius 1 is 1.15 bits per heavy atom. The van der Waals surface area contributed by atoms with E-state index in [9.17, 15) is 5.11 Å². The molecule has 0 bridgehead atoms. The molecule has 0 saturated carbocycles. The number of aromatic amines is 1. The van der Waals surface area contributed by atoms with Gasteiger partial charge in [0.15, 0.2) is 0 Å². The number of hydrogen-bond acceptors (Lipinski definition) is 4. The fraction of sp³-hybridized carbons (Fsp3) is 0.636. The topological polar surface area (TPSA) is 51.7 Å². The van der Waals surface area contributed by atoms with Gasteiger partial charge in [0.25, 0.3) is 0 Å². The number of nitrogens with zero attached hydrogens (tertiary/aromatic N) is 2. The predicted octanol–water partition coefficient (Wildman–Crippen LogP) is 2.51. The maximum absolute atomic E-state index is 9.34. The number of aliphatic hydroxyl groups excluding tert-OH is 1. The van der Waals surface area contributed by atoms with E-state index >= 15 is 0 Å². The van der Waals surface area contributed by atoms with Gasteiger partial charge in [0.1, 0.15) is 0 Å². The van der Waals surface area contributed by atoms with E-state index in [1.165, 1.54) is 29.4 Å². The number of ether oxygens (including phenoxy) is 1. The molecule has 148 valence electrons. The minimum Gasteiger partial charge on any atom is -0.396 e. The molecule has 2 atom stereocenters. The zero-order valence-corrected chi connectivity index (χ0v) is 16.3. The molecule has 0 spiro atoms. The minimum absolute atomic E-state index is 0.307. The van der Waals surface area contributed by atoms with E-state index in [4.69, 9.17) is 4.74 Å².